The van der Waals surface area contributed by atoms with Crippen LogP contribution in [0.4, 0.5) is 0 Å². The van der Waals surface area contributed by atoms with E-state index >= 15 is 0 Å². The number of rotatable bonds is 8. The molecule has 2 fully saturated rings. The van der Waals surface area contributed by atoms with Gasteiger partial charge in [0.25, 0.3) is 0 Å². The lowest BCUT2D eigenvalue weighted by molar-refractivity contribution is -0.160. The lowest BCUT2D eigenvalue weighted by Crippen LogP contribution is -2.51. The molecule has 0 radical (unpaired) electrons. The van der Waals surface area contributed by atoms with Crippen LogP contribution in [0.15, 0.2) is 0 Å². The third-order valence-electron chi connectivity index (χ3n) is 5.49. The molecule has 0 bridgehead atoms. The van der Waals surface area contributed by atoms with E-state index in [0.717, 1.165) is 25.7 Å². The van der Waals surface area contributed by atoms with E-state index in [1.165, 1.54) is 4.90 Å². The van der Waals surface area contributed by atoms with Crippen molar-refractivity contribution in [2.75, 3.05) is 13.1 Å². The van der Waals surface area contributed by atoms with Crippen molar-refractivity contribution in [3.63, 3.8) is 0 Å². The zero-order chi connectivity index (χ0) is 20.0. The molecule has 8 heteroatoms. The first kappa shape index (κ1) is 21.3. The Kier molecular flexibility index (Phi) is 7.77. The molecule has 0 aromatic rings. The molecule has 0 spiro atoms. The first-order valence-corrected chi connectivity index (χ1v) is 9.88. The molecule has 1 saturated carbocycles. The number of hydrogen-bond donors (Lipinski definition) is 2. The van der Waals surface area contributed by atoms with E-state index in [-0.39, 0.29) is 36.6 Å². The van der Waals surface area contributed by atoms with E-state index < -0.39 is 17.9 Å². The molecule has 2 N–H and O–H groups in total. The summed E-state index contributed by atoms with van der Waals surface area (Å²) >= 11 is 0. The van der Waals surface area contributed by atoms with Crippen molar-refractivity contribution in [2.45, 2.75) is 64.8 Å². The standard InChI is InChI=1S/C19H31N3O5/c1-13(2)10-17(24)20-18(25)16-8-5-9-22(16)19(26)15(11-21(27)12-23)14-6-3-4-7-14/h12-16,27H,3-11H2,1-2H3,(H,20,24,25)/t15?,16-/m0/s1. The second-order valence-electron chi connectivity index (χ2n) is 8.08. The fourth-order valence-corrected chi connectivity index (χ4v) is 4.19. The van der Waals surface area contributed by atoms with Crippen LogP contribution < -0.4 is 5.32 Å². The van der Waals surface area contributed by atoms with Gasteiger partial charge in [-0.05, 0) is 37.5 Å². The summed E-state index contributed by atoms with van der Waals surface area (Å²) in [5.74, 6) is -1.26. The topological polar surface area (TPSA) is 107 Å². The third kappa shape index (κ3) is 5.76. The normalized spacial score (nSPS) is 21.3. The van der Waals surface area contributed by atoms with Crippen molar-refractivity contribution < 1.29 is 24.4 Å². The van der Waals surface area contributed by atoms with Crippen molar-refractivity contribution in [2.24, 2.45) is 17.8 Å². The zero-order valence-electron chi connectivity index (χ0n) is 16.2. The Hall–Kier alpha value is -1.96. The van der Waals surface area contributed by atoms with Crippen LogP contribution in [0, 0.1) is 17.8 Å². The van der Waals surface area contributed by atoms with Crippen molar-refractivity contribution in [1.29, 1.82) is 0 Å². The summed E-state index contributed by atoms with van der Waals surface area (Å²) in [6, 6.07) is -0.666. The molecule has 4 amide bonds. The van der Waals surface area contributed by atoms with Gasteiger partial charge in [0.05, 0.1) is 12.5 Å². The molecule has 2 rings (SSSR count). The van der Waals surface area contributed by atoms with Crippen LogP contribution in [0.25, 0.3) is 0 Å². The molecule has 1 saturated heterocycles. The second kappa shape index (κ2) is 9.82. The Morgan fingerprint density at radius 3 is 2.44 bits per heavy atom. The van der Waals surface area contributed by atoms with Gasteiger partial charge in [-0.3, -0.25) is 29.7 Å². The zero-order valence-corrected chi connectivity index (χ0v) is 16.2. The number of likely N-dealkylation sites (tertiary alicyclic amines) is 1. The highest BCUT2D eigenvalue weighted by Gasteiger charge is 2.41. The molecule has 0 aromatic heterocycles. The SMILES string of the molecule is CC(C)CC(=O)NC(=O)[C@@H]1CCCN1C(=O)C(CN(O)C=O)C1CCCC1. The van der Waals surface area contributed by atoms with Gasteiger partial charge in [0.15, 0.2) is 0 Å². The molecule has 27 heavy (non-hydrogen) atoms. The quantitative estimate of drug-likeness (QED) is 0.375. The molecule has 0 aromatic carbocycles. The Bertz CT molecular complexity index is 560. The number of amides is 4. The molecule has 1 aliphatic carbocycles. The summed E-state index contributed by atoms with van der Waals surface area (Å²) in [6.07, 6.45) is 5.56. The number of imide groups is 1. The van der Waals surface area contributed by atoms with E-state index in [1.807, 2.05) is 13.8 Å². The number of hydrogen-bond acceptors (Lipinski definition) is 5. The highest BCUT2D eigenvalue weighted by molar-refractivity contribution is 5.99. The van der Waals surface area contributed by atoms with Crippen molar-refractivity contribution in [3.05, 3.63) is 0 Å². The average molecular weight is 381 g/mol. The van der Waals surface area contributed by atoms with Crippen molar-refractivity contribution >= 4 is 24.1 Å². The smallest absolute Gasteiger partial charge is 0.249 e. The van der Waals surface area contributed by atoms with Gasteiger partial charge in [-0.25, -0.2) is 5.06 Å². The summed E-state index contributed by atoms with van der Waals surface area (Å²) in [4.78, 5) is 50.0. The van der Waals surface area contributed by atoms with Gasteiger partial charge in [-0.2, -0.15) is 0 Å². The van der Waals surface area contributed by atoms with E-state index in [1.54, 1.807) is 0 Å². The lowest BCUT2D eigenvalue weighted by Gasteiger charge is -2.31. The molecule has 8 nitrogen and oxygen atoms in total. The Labute approximate surface area is 160 Å². The van der Waals surface area contributed by atoms with Gasteiger partial charge in [0.2, 0.25) is 24.1 Å². The number of carbonyl (C=O) groups is 4. The van der Waals surface area contributed by atoms with Gasteiger partial charge >= 0.3 is 0 Å². The minimum absolute atomic E-state index is 0.0654. The molecule has 1 heterocycles. The third-order valence-corrected chi connectivity index (χ3v) is 5.49. The number of nitrogens with one attached hydrogen (secondary N) is 1. The van der Waals surface area contributed by atoms with Crippen LogP contribution in [0.3, 0.4) is 0 Å². The van der Waals surface area contributed by atoms with Gasteiger partial charge in [0.1, 0.15) is 6.04 Å². The van der Waals surface area contributed by atoms with E-state index in [2.05, 4.69) is 5.32 Å². The Morgan fingerprint density at radius 1 is 1.19 bits per heavy atom. The van der Waals surface area contributed by atoms with Crippen molar-refractivity contribution in [1.82, 2.24) is 15.3 Å². The number of hydroxylamine groups is 2. The highest BCUT2D eigenvalue weighted by atomic mass is 16.5. The van der Waals surface area contributed by atoms with Gasteiger partial charge < -0.3 is 4.90 Å². The van der Waals surface area contributed by atoms with Gasteiger partial charge in [-0.1, -0.05) is 26.7 Å². The maximum atomic E-state index is 13.2. The molecule has 152 valence electrons. The summed E-state index contributed by atoms with van der Waals surface area (Å²) < 4.78 is 0. The van der Waals surface area contributed by atoms with Crippen molar-refractivity contribution in [3.8, 4) is 0 Å². The first-order valence-electron chi connectivity index (χ1n) is 9.88. The van der Waals surface area contributed by atoms with Crippen LogP contribution in [-0.4, -0.2) is 58.4 Å². The fourth-order valence-electron chi connectivity index (χ4n) is 4.19. The van der Waals surface area contributed by atoms with Crippen LogP contribution in [-0.2, 0) is 19.2 Å². The molecule has 2 aliphatic rings. The first-order chi connectivity index (χ1) is 12.8. The largest absolute Gasteiger partial charge is 0.330 e. The maximum absolute atomic E-state index is 13.2. The number of carbonyl (C=O) groups excluding carboxylic acids is 4. The molecule has 1 unspecified atom stereocenters. The van der Waals surface area contributed by atoms with Gasteiger partial charge in [-0.15, -0.1) is 0 Å². The van der Waals surface area contributed by atoms with Gasteiger partial charge in [0, 0.05) is 13.0 Å². The van der Waals surface area contributed by atoms with Crippen LogP contribution in [0.2, 0.25) is 0 Å². The van der Waals surface area contributed by atoms with Crippen LogP contribution in [0.1, 0.15) is 58.8 Å². The summed E-state index contributed by atoms with van der Waals surface area (Å²) in [5.41, 5.74) is 0. The predicted octanol–water partition coefficient (Wildman–Crippen LogP) is 1.32. The minimum Gasteiger partial charge on any atom is -0.330 e. The Balaban J connectivity index is 2.07. The molecule has 1 aliphatic heterocycles. The summed E-state index contributed by atoms with van der Waals surface area (Å²) in [5, 5.41) is 12.6. The Morgan fingerprint density at radius 2 is 1.85 bits per heavy atom. The second-order valence-corrected chi connectivity index (χ2v) is 8.08. The highest BCUT2D eigenvalue weighted by Crippen LogP contribution is 2.34. The van der Waals surface area contributed by atoms with E-state index in [9.17, 15) is 24.4 Å². The molecular formula is C19H31N3O5. The van der Waals surface area contributed by atoms with Crippen LogP contribution >= 0.6 is 0 Å². The minimum atomic E-state index is -0.666. The van der Waals surface area contributed by atoms with E-state index in [4.69, 9.17) is 0 Å². The molecule has 2 atom stereocenters. The summed E-state index contributed by atoms with van der Waals surface area (Å²) in [7, 11) is 0. The molecular weight excluding hydrogens is 350 g/mol. The van der Waals surface area contributed by atoms with E-state index in [0.29, 0.717) is 30.9 Å². The lowest BCUT2D eigenvalue weighted by atomic mass is 9.89. The number of nitrogens with zero attached hydrogens (tertiary/aromatic N) is 2. The summed E-state index contributed by atoms with van der Waals surface area (Å²) in [6.45, 7) is 4.18. The monoisotopic (exact) mass is 381 g/mol. The average Bonchev–Trinajstić information content (AvgIpc) is 3.29. The predicted molar refractivity (Wildman–Crippen MR) is 97.3 cm³/mol. The van der Waals surface area contributed by atoms with Crippen LogP contribution in [0.5, 0.6) is 0 Å². The fraction of sp³-hybridized carbons (Fsp3) is 0.789. The maximum Gasteiger partial charge on any atom is 0.249 e.